The molecule has 0 spiro atoms. The molecule has 5 heteroatoms. The van der Waals surface area contributed by atoms with Gasteiger partial charge in [0.2, 0.25) is 5.95 Å². The van der Waals surface area contributed by atoms with E-state index in [4.69, 9.17) is 0 Å². The lowest BCUT2D eigenvalue weighted by Crippen LogP contribution is -2.30. The van der Waals surface area contributed by atoms with Crippen molar-refractivity contribution >= 4 is 11.9 Å². The van der Waals surface area contributed by atoms with E-state index < -0.39 is 0 Å². The predicted octanol–water partition coefficient (Wildman–Crippen LogP) is 1.53. The minimum atomic E-state index is -0.00651. The van der Waals surface area contributed by atoms with E-state index in [-0.39, 0.29) is 5.91 Å². The zero-order chi connectivity index (χ0) is 12.3. The number of carbonyl (C=O) groups is 1. The largest absolute Gasteiger partial charge is 0.351 e. The van der Waals surface area contributed by atoms with Crippen molar-refractivity contribution in [2.75, 3.05) is 18.4 Å². The van der Waals surface area contributed by atoms with Gasteiger partial charge in [0.15, 0.2) is 0 Å². The molecule has 1 aliphatic rings. The van der Waals surface area contributed by atoms with Gasteiger partial charge in [-0.25, -0.2) is 9.97 Å². The summed E-state index contributed by atoms with van der Waals surface area (Å²) in [4.78, 5) is 22.1. The Morgan fingerprint density at radius 2 is 1.94 bits per heavy atom. The molecule has 0 bridgehead atoms. The summed E-state index contributed by atoms with van der Waals surface area (Å²) in [5.74, 6) is 0.608. The highest BCUT2D eigenvalue weighted by Crippen LogP contribution is 2.22. The van der Waals surface area contributed by atoms with Crippen molar-refractivity contribution in [3.63, 3.8) is 0 Å². The fourth-order valence-corrected chi connectivity index (χ4v) is 1.62. The van der Waals surface area contributed by atoms with Crippen molar-refractivity contribution < 1.29 is 4.79 Å². The smallest absolute Gasteiger partial charge is 0.256 e. The number of nitrogens with one attached hydrogen (secondary N) is 1. The Morgan fingerprint density at radius 3 is 2.41 bits per heavy atom. The third kappa shape index (κ3) is 2.93. The molecule has 0 atom stereocenters. The van der Waals surface area contributed by atoms with E-state index in [9.17, 15) is 4.79 Å². The van der Waals surface area contributed by atoms with Crippen LogP contribution in [0.3, 0.4) is 0 Å². The molecule has 1 fully saturated rings. The molecule has 1 N–H and O–H groups in total. The van der Waals surface area contributed by atoms with E-state index in [0.717, 1.165) is 0 Å². The molecule has 92 valence electrons. The summed E-state index contributed by atoms with van der Waals surface area (Å²) < 4.78 is 0. The highest BCUT2D eigenvalue weighted by molar-refractivity contribution is 5.93. The molecule has 0 radical (unpaired) electrons. The lowest BCUT2D eigenvalue weighted by Gasteiger charge is -2.18. The van der Waals surface area contributed by atoms with Gasteiger partial charge in [-0.3, -0.25) is 4.79 Å². The van der Waals surface area contributed by atoms with E-state index in [1.54, 1.807) is 17.3 Å². The van der Waals surface area contributed by atoms with Gasteiger partial charge in [0.25, 0.3) is 5.91 Å². The van der Waals surface area contributed by atoms with Gasteiger partial charge in [-0.05, 0) is 26.7 Å². The molecule has 0 aromatic carbocycles. The summed E-state index contributed by atoms with van der Waals surface area (Å²) in [5.41, 5.74) is 0.551. The third-order valence-electron chi connectivity index (χ3n) is 2.86. The molecule has 0 saturated heterocycles. The summed E-state index contributed by atoms with van der Waals surface area (Å²) in [6, 6.07) is 0.527. The maximum Gasteiger partial charge on any atom is 0.256 e. The van der Waals surface area contributed by atoms with E-state index in [0.29, 0.717) is 30.6 Å². The molecular formula is C12H18N4O. The fraction of sp³-hybridized carbons (Fsp3) is 0.583. The van der Waals surface area contributed by atoms with E-state index in [1.807, 2.05) is 13.8 Å². The Hall–Kier alpha value is -1.65. The van der Waals surface area contributed by atoms with Crippen molar-refractivity contribution in [3.05, 3.63) is 18.0 Å². The second-order valence-corrected chi connectivity index (χ2v) is 4.19. The maximum absolute atomic E-state index is 12.0. The second-order valence-electron chi connectivity index (χ2n) is 4.19. The Labute approximate surface area is 101 Å². The fourth-order valence-electron chi connectivity index (χ4n) is 1.62. The van der Waals surface area contributed by atoms with Crippen LogP contribution in [0, 0.1) is 0 Å². The highest BCUT2D eigenvalue weighted by Gasteiger charge is 2.22. The van der Waals surface area contributed by atoms with Crippen LogP contribution in [-0.4, -0.2) is 39.9 Å². The molecule has 0 aliphatic heterocycles. The van der Waals surface area contributed by atoms with Crippen LogP contribution < -0.4 is 5.32 Å². The van der Waals surface area contributed by atoms with Crippen LogP contribution in [0.25, 0.3) is 0 Å². The minimum absolute atomic E-state index is 0.00651. The molecule has 5 nitrogen and oxygen atoms in total. The van der Waals surface area contributed by atoms with Gasteiger partial charge < -0.3 is 10.2 Å². The Morgan fingerprint density at radius 1 is 1.35 bits per heavy atom. The quantitative estimate of drug-likeness (QED) is 0.839. The van der Waals surface area contributed by atoms with Crippen LogP contribution in [0.15, 0.2) is 12.4 Å². The first-order chi connectivity index (χ1) is 8.24. The minimum Gasteiger partial charge on any atom is -0.351 e. The summed E-state index contributed by atoms with van der Waals surface area (Å²) >= 11 is 0. The van der Waals surface area contributed by atoms with Crippen LogP contribution in [0.4, 0.5) is 5.95 Å². The lowest BCUT2D eigenvalue weighted by molar-refractivity contribution is 0.0772. The predicted molar refractivity (Wildman–Crippen MR) is 65.9 cm³/mol. The van der Waals surface area contributed by atoms with Gasteiger partial charge in [-0.15, -0.1) is 0 Å². The molecular weight excluding hydrogens is 216 g/mol. The topological polar surface area (TPSA) is 58.1 Å². The average molecular weight is 234 g/mol. The molecule has 1 saturated carbocycles. The normalized spacial score (nSPS) is 14.5. The second kappa shape index (κ2) is 5.12. The molecule has 1 amide bonds. The first kappa shape index (κ1) is 11.8. The summed E-state index contributed by atoms with van der Waals surface area (Å²) in [6.07, 6.45) is 5.56. The molecule has 0 unspecified atom stereocenters. The zero-order valence-corrected chi connectivity index (χ0v) is 10.3. The Kier molecular flexibility index (Phi) is 3.56. The van der Waals surface area contributed by atoms with E-state index in [1.165, 1.54) is 12.8 Å². The van der Waals surface area contributed by atoms with Crippen LogP contribution >= 0.6 is 0 Å². The number of anilines is 1. The summed E-state index contributed by atoms with van der Waals surface area (Å²) in [6.45, 7) is 5.34. The van der Waals surface area contributed by atoms with Gasteiger partial charge in [0.05, 0.1) is 5.56 Å². The van der Waals surface area contributed by atoms with Crippen LogP contribution in [0.2, 0.25) is 0 Å². The standard InChI is InChI=1S/C12H18N4O/c1-3-16(4-2)11(17)9-7-13-12(14-8-9)15-10-5-6-10/h7-8,10H,3-6H2,1-2H3,(H,13,14,15). The molecule has 1 aliphatic carbocycles. The van der Waals surface area contributed by atoms with Crippen LogP contribution in [0.1, 0.15) is 37.0 Å². The van der Waals surface area contributed by atoms with Crippen LogP contribution in [0.5, 0.6) is 0 Å². The van der Waals surface area contributed by atoms with Crippen molar-refractivity contribution in [2.45, 2.75) is 32.7 Å². The Bertz CT molecular complexity index is 382. The summed E-state index contributed by atoms with van der Waals surface area (Å²) in [7, 11) is 0. The molecule has 2 rings (SSSR count). The number of hydrogen-bond acceptors (Lipinski definition) is 4. The van der Waals surface area contributed by atoms with Gasteiger partial charge >= 0.3 is 0 Å². The van der Waals surface area contributed by atoms with Gasteiger partial charge in [-0.1, -0.05) is 0 Å². The number of rotatable bonds is 5. The number of carbonyl (C=O) groups excluding carboxylic acids is 1. The zero-order valence-electron chi connectivity index (χ0n) is 10.3. The monoisotopic (exact) mass is 234 g/mol. The van der Waals surface area contributed by atoms with E-state index >= 15 is 0 Å². The number of aromatic nitrogens is 2. The van der Waals surface area contributed by atoms with Crippen molar-refractivity contribution in [1.29, 1.82) is 0 Å². The maximum atomic E-state index is 12.0. The number of hydrogen-bond donors (Lipinski definition) is 1. The first-order valence-corrected chi connectivity index (χ1v) is 6.12. The number of amides is 1. The van der Waals surface area contributed by atoms with Gasteiger partial charge in [-0.2, -0.15) is 0 Å². The lowest BCUT2D eigenvalue weighted by atomic mass is 10.3. The van der Waals surface area contributed by atoms with Gasteiger partial charge in [0, 0.05) is 31.5 Å². The van der Waals surface area contributed by atoms with Gasteiger partial charge in [0.1, 0.15) is 0 Å². The van der Waals surface area contributed by atoms with Crippen molar-refractivity contribution in [1.82, 2.24) is 14.9 Å². The molecule has 1 aromatic heterocycles. The summed E-state index contributed by atoms with van der Waals surface area (Å²) in [5, 5.41) is 3.19. The van der Waals surface area contributed by atoms with Crippen LogP contribution in [-0.2, 0) is 0 Å². The molecule has 1 heterocycles. The first-order valence-electron chi connectivity index (χ1n) is 6.12. The average Bonchev–Trinajstić information content (AvgIpc) is 3.15. The number of nitrogens with zero attached hydrogens (tertiary/aromatic N) is 3. The van der Waals surface area contributed by atoms with Crippen molar-refractivity contribution in [2.24, 2.45) is 0 Å². The highest BCUT2D eigenvalue weighted by atomic mass is 16.2. The Balaban J connectivity index is 2.02. The SMILES string of the molecule is CCN(CC)C(=O)c1cnc(NC2CC2)nc1. The van der Waals surface area contributed by atoms with Crippen molar-refractivity contribution in [3.8, 4) is 0 Å². The molecule has 1 aromatic rings. The third-order valence-corrected chi connectivity index (χ3v) is 2.86. The molecule has 17 heavy (non-hydrogen) atoms. The van der Waals surface area contributed by atoms with E-state index in [2.05, 4.69) is 15.3 Å².